The highest BCUT2D eigenvalue weighted by molar-refractivity contribution is 4.94. The van der Waals surface area contributed by atoms with E-state index in [1.807, 2.05) is 0 Å². The zero-order valence-electron chi connectivity index (χ0n) is 7.98. The van der Waals surface area contributed by atoms with Gasteiger partial charge in [0, 0.05) is 12.1 Å². The summed E-state index contributed by atoms with van der Waals surface area (Å²) in [5, 5.41) is 3.45. The van der Waals surface area contributed by atoms with Gasteiger partial charge in [0.2, 0.25) is 0 Å². The fourth-order valence-corrected chi connectivity index (χ4v) is 1.90. The fraction of sp³-hybridized carbons (Fsp3) is 1.00. The number of hydrogen-bond donors (Lipinski definition) is 1. The lowest BCUT2D eigenvalue weighted by molar-refractivity contribution is 0.294. The highest BCUT2D eigenvalue weighted by atomic mass is 15.2. The Labute approximate surface area is 70.0 Å². The van der Waals surface area contributed by atoms with Crippen molar-refractivity contribution in [3.8, 4) is 0 Å². The van der Waals surface area contributed by atoms with Crippen molar-refractivity contribution in [2.75, 3.05) is 26.7 Å². The molecule has 1 saturated heterocycles. The Hall–Kier alpha value is -0.0800. The topological polar surface area (TPSA) is 15.3 Å². The monoisotopic (exact) mass is 156 g/mol. The van der Waals surface area contributed by atoms with E-state index in [1.54, 1.807) is 0 Å². The third-order valence-corrected chi connectivity index (χ3v) is 3.09. The molecule has 2 heteroatoms. The van der Waals surface area contributed by atoms with Gasteiger partial charge in [0.1, 0.15) is 0 Å². The van der Waals surface area contributed by atoms with E-state index in [0.717, 1.165) is 0 Å². The molecule has 0 saturated carbocycles. The van der Waals surface area contributed by atoms with Crippen LogP contribution in [0.5, 0.6) is 0 Å². The summed E-state index contributed by atoms with van der Waals surface area (Å²) < 4.78 is 0. The molecule has 2 nitrogen and oxygen atoms in total. The molecule has 1 aliphatic heterocycles. The molecule has 0 bridgehead atoms. The predicted octanol–water partition coefficient (Wildman–Crippen LogP) is 1.08. The van der Waals surface area contributed by atoms with Crippen molar-refractivity contribution >= 4 is 0 Å². The average Bonchev–Trinajstić information content (AvgIpc) is 2.49. The Morgan fingerprint density at radius 2 is 2.18 bits per heavy atom. The molecule has 1 N–H and O–H groups in total. The van der Waals surface area contributed by atoms with E-state index in [4.69, 9.17) is 0 Å². The second kappa shape index (κ2) is 3.55. The van der Waals surface area contributed by atoms with E-state index < -0.39 is 0 Å². The molecule has 0 aromatic carbocycles. The Bertz CT molecular complexity index is 119. The molecule has 1 fully saturated rings. The van der Waals surface area contributed by atoms with Crippen LogP contribution < -0.4 is 5.32 Å². The number of nitrogens with zero attached hydrogens (tertiary/aromatic N) is 1. The third kappa shape index (κ3) is 1.74. The molecule has 0 radical (unpaired) electrons. The molecule has 1 aliphatic rings. The lowest BCUT2D eigenvalue weighted by atomic mass is 9.96. The van der Waals surface area contributed by atoms with Crippen LogP contribution in [0.25, 0.3) is 0 Å². The summed E-state index contributed by atoms with van der Waals surface area (Å²) in [6.45, 7) is 8.21. The van der Waals surface area contributed by atoms with Gasteiger partial charge in [0.25, 0.3) is 0 Å². The smallest absolute Gasteiger partial charge is 0.0315 e. The van der Waals surface area contributed by atoms with Crippen LogP contribution in [0.1, 0.15) is 26.7 Å². The van der Waals surface area contributed by atoms with Crippen LogP contribution in [-0.2, 0) is 0 Å². The molecule has 0 amide bonds. The predicted molar refractivity (Wildman–Crippen MR) is 48.8 cm³/mol. The Morgan fingerprint density at radius 1 is 1.45 bits per heavy atom. The van der Waals surface area contributed by atoms with Gasteiger partial charge in [-0.3, -0.25) is 0 Å². The van der Waals surface area contributed by atoms with Crippen LogP contribution >= 0.6 is 0 Å². The molecule has 1 rings (SSSR count). The summed E-state index contributed by atoms with van der Waals surface area (Å²) in [6.07, 6.45) is 2.56. The first-order chi connectivity index (χ1) is 5.26. The first-order valence-corrected chi connectivity index (χ1v) is 4.67. The summed E-state index contributed by atoms with van der Waals surface area (Å²) in [6, 6.07) is 0. The van der Waals surface area contributed by atoms with Gasteiger partial charge in [-0.1, -0.05) is 13.8 Å². The van der Waals surface area contributed by atoms with E-state index in [2.05, 4.69) is 31.1 Å². The maximum absolute atomic E-state index is 3.45. The van der Waals surface area contributed by atoms with Crippen molar-refractivity contribution in [2.45, 2.75) is 32.2 Å². The van der Waals surface area contributed by atoms with Gasteiger partial charge in [-0.05, 0) is 33.0 Å². The van der Waals surface area contributed by atoms with Crippen LogP contribution in [0.2, 0.25) is 0 Å². The molecular formula is C9H20N2. The summed E-state index contributed by atoms with van der Waals surface area (Å²) in [5.41, 5.74) is 0.427. The molecule has 1 heterocycles. The van der Waals surface area contributed by atoms with Crippen molar-refractivity contribution in [1.29, 1.82) is 0 Å². The SMILES string of the molecule is CCN1CCC(CC)(NC)C1. The van der Waals surface area contributed by atoms with Gasteiger partial charge in [-0.25, -0.2) is 0 Å². The first-order valence-electron chi connectivity index (χ1n) is 4.67. The molecular weight excluding hydrogens is 136 g/mol. The van der Waals surface area contributed by atoms with Crippen molar-refractivity contribution in [3.63, 3.8) is 0 Å². The van der Waals surface area contributed by atoms with Gasteiger partial charge >= 0.3 is 0 Å². The van der Waals surface area contributed by atoms with Crippen LogP contribution in [0, 0.1) is 0 Å². The summed E-state index contributed by atoms with van der Waals surface area (Å²) in [5.74, 6) is 0. The number of likely N-dealkylation sites (tertiary alicyclic amines) is 1. The third-order valence-electron chi connectivity index (χ3n) is 3.09. The second-order valence-electron chi connectivity index (χ2n) is 3.50. The Morgan fingerprint density at radius 3 is 2.45 bits per heavy atom. The minimum Gasteiger partial charge on any atom is -0.313 e. The Kier molecular flexibility index (Phi) is 2.90. The second-order valence-corrected chi connectivity index (χ2v) is 3.50. The summed E-state index contributed by atoms with van der Waals surface area (Å²) in [7, 11) is 2.09. The number of rotatable bonds is 3. The number of hydrogen-bond acceptors (Lipinski definition) is 2. The molecule has 1 unspecified atom stereocenters. The molecule has 1 atom stereocenters. The van der Waals surface area contributed by atoms with E-state index in [9.17, 15) is 0 Å². The van der Waals surface area contributed by atoms with Crippen molar-refractivity contribution in [1.82, 2.24) is 10.2 Å². The molecule has 0 aromatic heterocycles. The maximum Gasteiger partial charge on any atom is 0.0315 e. The van der Waals surface area contributed by atoms with E-state index >= 15 is 0 Å². The van der Waals surface area contributed by atoms with Crippen LogP contribution in [0.15, 0.2) is 0 Å². The van der Waals surface area contributed by atoms with E-state index in [-0.39, 0.29) is 0 Å². The van der Waals surface area contributed by atoms with Gasteiger partial charge < -0.3 is 10.2 Å². The molecule has 0 spiro atoms. The summed E-state index contributed by atoms with van der Waals surface area (Å²) in [4.78, 5) is 2.51. The van der Waals surface area contributed by atoms with Crippen LogP contribution in [0.3, 0.4) is 0 Å². The summed E-state index contributed by atoms with van der Waals surface area (Å²) >= 11 is 0. The Balaban J connectivity index is 2.48. The lowest BCUT2D eigenvalue weighted by Gasteiger charge is -2.27. The van der Waals surface area contributed by atoms with Gasteiger partial charge in [-0.2, -0.15) is 0 Å². The van der Waals surface area contributed by atoms with Gasteiger partial charge in [0.15, 0.2) is 0 Å². The quantitative estimate of drug-likeness (QED) is 0.658. The minimum atomic E-state index is 0.427. The van der Waals surface area contributed by atoms with E-state index in [1.165, 1.54) is 32.5 Å². The highest BCUT2D eigenvalue weighted by Gasteiger charge is 2.33. The van der Waals surface area contributed by atoms with E-state index in [0.29, 0.717) is 5.54 Å². The highest BCUT2D eigenvalue weighted by Crippen LogP contribution is 2.23. The van der Waals surface area contributed by atoms with Crippen LogP contribution in [-0.4, -0.2) is 37.1 Å². The number of likely N-dealkylation sites (N-methyl/N-ethyl adjacent to an activating group) is 2. The maximum atomic E-state index is 3.45. The van der Waals surface area contributed by atoms with Gasteiger partial charge in [-0.15, -0.1) is 0 Å². The minimum absolute atomic E-state index is 0.427. The van der Waals surface area contributed by atoms with Gasteiger partial charge in [0.05, 0.1) is 0 Å². The average molecular weight is 156 g/mol. The van der Waals surface area contributed by atoms with Crippen molar-refractivity contribution in [3.05, 3.63) is 0 Å². The van der Waals surface area contributed by atoms with Crippen molar-refractivity contribution < 1.29 is 0 Å². The molecule has 11 heavy (non-hydrogen) atoms. The number of nitrogens with one attached hydrogen (secondary N) is 1. The largest absolute Gasteiger partial charge is 0.313 e. The standard InChI is InChI=1S/C9H20N2/c1-4-9(10-3)6-7-11(5-2)8-9/h10H,4-8H2,1-3H3. The molecule has 66 valence electrons. The van der Waals surface area contributed by atoms with Crippen LogP contribution in [0.4, 0.5) is 0 Å². The first kappa shape index (κ1) is 9.01. The zero-order valence-corrected chi connectivity index (χ0v) is 7.98. The molecule has 0 aromatic rings. The molecule has 0 aliphatic carbocycles. The zero-order chi connectivity index (χ0) is 8.32. The fourth-order valence-electron chi connectivity index (χ4n) is 1.90. The lowest BCUT2D eigenvalue weighted by Crippen LogP contribution is -2.44. The van der Waals surface area contributed by atoms with Crippen molar-refractivity contribution in [2.24, 2.45) is 0 Å². The normalized spacial score (nSPS) is 33.0.